The lowest BCUT2D eigenvalue weighted by Crippen LogP contribution is -2.45. The van der Waals surface area contributed by atoms with Gasteiger partial charge < -0.3 is 10.6 Å². The second-order valence-corrected chi connectivity index (χ2v) is 5.44. The molecule has 0 aliphatic carbocycles. The quantitative estimate of drug-likeness (QED) is 0.900. The van der Waals surface area contributed by atoms with Crippen molar-refractivity contribution in [1.29, 1.82) is 0 Å². The van der Waals surface area contributed by atoms with Crippen molar-refractivity contribution in [1.82, 2.24) is 20.2 Å². The monoisotopic (exact) mass is 325 g/mol. The van der Waals surface area contributed by atoms with E-state index in [1.807, 2.05) is 0 Å². The van der Waals surface area contributed by atoms with Gasteiger partial charge in [-0.3, -0.25) is 4.90 Å². The van der Waals surface area contributed by atoms with Crippen LogP contribution in [0.1, 0.15) is 5.69 Å². The van der Waals surface area contributed by atoms with Gasteiger partial charge in [0.05, 0.1) is 5.52 Å². The predicted octanol–water partition coefficient (Wildman–Crippen LogP) is 1.97. The number of pyridine rings is 2. The van der Waals surface area contributed by atoms with E-state index < -0.39 is 11.9 Å². The molecule has 0 bridgehead atoms. The van der Waals surface area contributed by atoms with E-state index in [2.05, 4.69) is 25.5 Å². The van der Waals surface area contributed by atoms with Crippen molar-refractivity contribution in [2.24, 2.45) is 0 Å². The third kappa shape index (κ3) is 3.89. The molecule has 8 heteroatoms. The first kappa shape index (κ1) is 15.9. The Morgan fingerprint density at radius 1 is 1.17 bits per heavy atom. The highest BCUT2D eigenvalue weighted by atomic mass is 19.4. The van der Waals surface area contributed by atoms with Crippen LogP contribution in [-0.2, 0) is 6.18 Å². The standard InChI is InChI=1S/C15H18F3N5/c16-15(17,18)13-2-1-11-12(22-13)3-4-20-14(11)21-7-10-23-8-5-19-6-9-23/h1-4,19H,5-10H2,(H,20,21). The number of nitrogens with one attached hydrogen (secondary N) is 2. The summed E-state index contributed by atoms with van der Waals surface area (Å²) in [6, 6.07) is 3.91. The number of fused-ring (bicyclic) bond motifs is 1. The molecule has 3 heterocycles. The summed E-state index contributed by atoms with van der Waals surface area (Å²) in [7, 11) is 0. The molecule has 1 aliphatic heterocycles. The van der Waals surface area contributed by atoms with E-state index in [4.69, 9.17) is 0 Å². The second kappa shape index (κ2) is 6.67. The van der Waals surface area contributed by atoms with E-state index in [1.54, 1.807) is 0 Å². The maximum Gasteiger partial charge on any atom is 0.433 e. The van der Waals surface area contributed by atoms with Crippen LogP contribution in [0.2, 0.25) is 0 Å². The van der Waals surface area contributed by atoms with Crippen molar-refractivity contribution >= 4 is 16.7 Å². The Morgan fingerprint density at radius 3 is 2.70 bits per heavy atom. The minimum absolute atomic E-state index is 0.291. The first-order valence-corrected chi connectivity index (χ1v) is 7.54. The normalized spacial score (nSPS) is 16.7. The van der Waals surface area contributed by atoms with Crippen LogP contribution in [0.25, 0.3) is 10.9 Å². The van der Waals surface area contributed by atoms with Gasteiger partial charge in [0.15, 0.2) is 0 Å². The molecule has 2 aromatic rings. The zero-order valence-electron chi connectivity index (χ0n) is 12.5. The molecule has 0 saturated carbocycles. The van der Waals surface area contributed by atoms with E-state index in [0.29, 0.717) is 23.3 Å². The zero-order valence-corrected chi connectivity index (χ0v) is 12.5. The summed E-state index contributed by atoms with van der Waals surface area (Å²) in [4.78, 5) is 10.2. The summed E-state index contributed by atoms with van der Waals surface area (Å²) < 4.78 is 38.2. The van der Waals surface area contributed by atoms with Gasteiger partial charge in [-0.25, -0.2) is 9.97 Å². The van der Waals surface area contributed by atoms with Crippen molar-refractivity contribution in [2.45, 2.75) is 6.18 Å². The first-order valence-electron chi connectivity index (χ1n) is 7.54. The first-order chi connectivity index (χ1) is 11.0. The van der Waals surface area contributed by atoms with Crippen molar-refractivity contribution in [3.8, 4) is 0 Å². The predicted molar refractivity (Wildman–Crippen MR) is 82.3 cm³/mol. The number of piperazine rings is 1. The van der Waals surface area contributed by atoms with E-state index in [-0.39, 0.29) is 0 Å². The van der Waals surface area contributed by atoms with Gasteiger partial charge in [0.2, 0.25) is 0 Å². The second-order valence-electron chi connectivity index (χ2n) is 5.44. The number of rotatable bonds is 4. The zero-order chi connectivity index (χ0) is 16.3. The van der Waals surface area contributed by atoms with Crippen LogP contribution in [0, 0.1) is 0 Å². The van der Waals surface area contributed by atoms with E-state index in [0.717, 1.165) is 38.8 Å². The Bertz CT molecular complexity index is 668. The van der Waals surface area contributed by atoms with Crippen molar-refractivity contribution < 1.29 is 13.2 Å². The van der Waals surface area contributed by atoms with Crippen LogP contribution in [-0.4, -0.2) is 54.1 Å². The Kier molecular flexibility index (Phi) is 4.63. The Balaban J connectivity index is 1.70. The number of anilines is 1. The number of alkyl halides is 3. The van der Waals surface area contributed by atoms with E-state index >= 15 is 0 Å². The highest BCUT2D eigenvalue weighted by Gasteiger charge is 2.32. The van der Waals surface area contributed by atoms with E-state index in [1.165, 1.54) is 18.3 Å². The van der Waals surface area contributed by atoms with Gasteiger partial charge in [-0.15, -0.1) is 0 Å². The summed E-state index contributed by atoms with van der Waals surface area (Å²) in [6.07, 6.45) is -2.96. The molecule has 0 spiro atoms. The number of hydrogen-bond acceptors (Lipinski definition) is 5. The fourth-order valence-corrected chi connectivity index (χ4v) is 2.62. The molecule has 2 aromatic heterocycles. The highest BCUT2D eigenvalue weighted by molar-refractivity contribution is 5.89. The molecule has 5 nitrogen and oxygen atoms in total. The Morgan fingerprint density at radius 2 is 1.96 bits per heavy atom. The molecule has 0 radical (unpaired) electrons. The van der Waals surface area contributed by atoms with Crippen molar-refractivity contribution in [3.05, 3.63) is 30.1 Å². The van der Waals surface area contributed by atoms with Gasteiger partial charge in [-0.05, 0) is 18.2 Å². The lowest BCUT2D eigenvalue weighted by atomic mass is 10.2. The molecule has 1 aliphatic rings. The molecular weight excluding hydrogens is 307 g/mol. The van der Waals surface area contributed by atoms with Gasteiger partial charge in [0, 0.05) is 50.9 Å². The average molecular weight is 325 g/mol. The third-order valence-corrected chi connectivity index (χ3v) is 3.84. The summed E-state index contributed by atoms with van der Waals surface area (Å²) in [5.41, 5.74) is -0.595. The molecule has 2 N–H and O–H groups in total. The van der Waals surface area contributed by atoms with Gasteiger partial charge in [-0.2, -0.15) is 13.2 Å². The molecule has 3 rings (SSSR count). The van der Waals surface area contributed by atoms with Gasteiger partial charge in [0.25, 0.3) is 0 Å². The summed E-state index contributed by atoms with van der Waals surface area (Å²) in [5, 5.41) is 7.09. The molecular formula is C15H18F3N5. The Labute approximate surface area is 131 Å². The van der Waals surface area contributed by atoms with Crippen LogP contribution in [0.5, 0.6) is 0 Å². The molecule has 1 saturated heterocycles. The fourth-order valence-electron chi connectivity index (χ4n) is 2.62. The topological polar surface area (TPSA) is 53.1 Å². The van der Waals surface area contributed by atoms with Crippen LogP contribution >= 0.6 is 0 Å². The van der Waals surface area contributed by atoms with Crippen LogP contribution < -0.4 is 10.6 Å². The minimum atomic E-state index is -4.44. The lowest BCUT2D eigenvalue weighted by molar-refractivity contribution is -0.140. The molecule has 0 amide bonds. The SMILES string of the molecule is FC(F)(F)c1ccc2c(NCCN3CCNCC3)nccc2n1. The Hall–Kier alpha value is -1.93. The van der Waals surface area contributed by atoms with Crippen molar-refractivity contribution in [3.63, 3.8) is 0 Å². The molecule has 0 aromatic carbocycles. The van der Waals surface area contributed by atoms with Crippen LogP contribution in [0.15, 0.2) is 24.4 Å². The average Bonchev–Trinajstić information content (AvgIpc) is 2.55. The van der Waals surface area contributed by atoms with E-state index in [9.17, 15) is 13.2 Å². The molecule has 23 heavy (non-hydrogen) atoms. The summed E-state index contributed by atoms with van der Waals surface area (Å²) in [5.74, 6) is 0.568. The number of halogens is 3. The molecule has 124 valence electrons. The summed E-state index contributed by atoms with van der Waals surface area (Å²) in [6.45, 7) is 5.52. The fraction of sp³-hybridized carbons (Fsp3) is 0.467. The molecule has 0 atom stereocenters. The van der Waals surface area contributed by atoms with Crippen LogP contribution in [0.3, 0.4) is 0 Å². The van der Waals surface area contributed by atoms with Crippen molar-refractivity contribution in [2.75, 3.05) is 44.6 Å². The van der Waals surface area contributed by atoms with Crippen LogP contribution in [0.4, 0.5) is 19.0 Å². The molecule has 0 unspecified atom stereocenters. The largest absolute Gasteiger partial charge is 0.433 e. The number of hydrogen-bond donors (Lipinski definition) is 2. The molecule has 1 fully saturated rings. The maximum atomic E-state index is 12.7. The van der Waals surface area contributed by atoms with Gasteiger partial charge >= 0.3 is 6.18 Å². The smallest absolute Gasteiger partial charge is 0.368 e. The number of aromatic nitrogens is 2. The number of nitrogens with zero attached hydrogens (tertiary/aromatic N) is 3. The third-order valence-electron chi connectivity index (χ3n) is 3.84. The highest BCUT2D eigenvalue weighted by Crippen LogP contribution is 2.30. The summed E-state index contributed by atoms with van der Waals surface area (Å²) >= 11 is 0. The maximum absolute atomic E-state index is 12.7. The lowest BCUT2D eigenvalue weighted by Gasteiger charge is -2.27. The minimum Gasteiger partial charge on any atom is -0.368 e. The van der Waals surface area contributed by atoms with Gasteiger partial charge in [-0.1, -0.05) is 0 Å². The van der Waals surface area contributed by atoms with Gasteiger partial charge in [0.1, 0.15) is 11.5 Å².